The Morgan fingerprint density at radius 1 is 0.281 bits per heavy atom. The van der Waals surface area contributed by atoms with E-state index in [-0.39, 0.29) is 25.7 Å². The molecule has 0 radical (unpaired) electrons. The van der Waals surface area contributed by atoms with E-state index >= 15 is 0 Å². The normalized spacial score (nSPS) is 13.9. The summed E-state index contributed by atoms with van der Waals surface area (Å²) < 4.78 is 68.5. The van der Waals surface area contributed by atoms with Gasteiger partial charge in [-0.2, -0.15) is 0 Å². The van der Waals surface area contributed by atoms with Gasteiger partial charge in [0.2, 0.25) is 0 Å². The molecule has 17 nitrogen and oxygen atoms in total. The van der Waals surface area contributed by atoms with Gasteiger partial charge in [0.15, 0.2) is 12.2 Å². The molecule has 0 bridgehead atoms. The monoisotopic (exact) mass is 1410 g/mol. The SMILES string of the molecule is CCCCCCCCCCCCCCCCCCCCC(=O)O[C@H](COC(=O)CCCCCCCCCCCCCCCC(C)C)COP(=O)(O)OC[C@@H](O)COP(=O)(O)OC[C@@H](COC(=O)CCCCCCCCC)OC(=O)CCCCCCCCCCCCCCCCC. The fourth-order valence-corrected chi connectivity index (χ4v) is 13.5. The van der Waals surface area contributed by atoms with E-state index in [0.29, 0.717) is 25.7 Å². The summed E-state index contributed by atoms with van der Waals surface area (Å²) in [6.45, 7) is 7.29. The Labute approximate surface area is 588 Å². The van der Waals surface area contributed by atoms with Gasteiger partial charge < -0.3 is 33.8 Å². The van der Waals surface area contributed by atoms with E-state index < -0.39 is 97.5 Å². The lowest BCUT2D eigenvalue weighted by Crippen LogP contribution is -2.30. The number of aliphatic hydroxyl groups excluding tert-OH is 1. The van der Waals surface area contributed by atoms with Gasteiger partial charge in [0.05, 0.1) is 26.4 Å². The largest absolute Gasteiger partial charge is 0.472 e. The number of aliphatic hydroxyl groups is 1. The Morgan fingerprint density at radius 3 is 0.708 bits per heavy atom. The van der Waals surface area contributed by atoms with Crippen LogP contribution in [0.15, 0.2) is 0 Å². The van der Waals surface area contributed by atoms with Crippen LogP contribution in [0, 0.1) is 5.92 Å². The van der Waals surface area contributed by atoms with Gasteiger partial charge in [-0.25, -0.2) is 9.13 Å². The molecule has 0 aromatic heterocycles. The smallest absolute Gasteiger partial charge is 0.462 e. The molecule has 3 N–H and O–H groups in total. The summed E-state index contributed by atoms with van der Waals surface area (Å²) in [5.41, 5.74) is 0. The maximum atomic E-state index is 13.1. The Hall–Kier alpha value is -1.94. The quantitative estimate of drug-likeness (QED) is 0.0222. The Morgan fingerprint density at radius 2 is 0.479 bits per heavy atom. The van der Waals surface area contributed by atoms with E-state index in [9.17, 15) is 43.2 Å². The number of carbonyl (C=O) groups excluding carboxylic acids is 4. The van der Waals surface area contributed by atoms with Crippen LogP contribution in [-0.4, -0.2) is 96.7 Å². The number of ether oxygens (including phenoxy) is 4. The molecule has 0 saturated carbocycles. The van der Waals surface area contributed by atoms with Gasteiger partial charge in [0, 0.05) is 25.7 Å². The highest BCUT2D eigenvalue weighted by Gasteiger charge is 2.30. The van der Waals surface area contributed by atoms with Crippen molar-refractivity contribution in [3.63, 3.8) is 0 Å². The highest BCUT2D eigenvalue weighted by atomic mass is 31.2. The highest BCUT2D eigenvalue weighted by Crippen LogP contribution is 2.45. The molecule has 0 aliphatic carbocycles. The topological polar surface area (TPSA) is 237 Å². The van der Waals surface area contributed by atoms with Crippen LogP contribution in [0.4, 0.5) is 0 Å². The maximum Gasteiger partial charge on any atom is 0.472 e. The molecule has 0 aromatic rings. The number of rotatable bonds is 77. The lowest BCUT2D eigenvalue weighted by molar-refractivity contribution is -0.161. The van der Waals surface area contributed by atoms with E-state index in [1.807, 2.05) is 0 Å². The molecule has 0 rings (SSSR count). The summed E-state index contributed by atoms with van der Waals surface area (Å²) >= 11 is 0. The van der Waals surface area contributed by atoms with Crippen molar-refractivity contribution in [1.82, 2.24) is 0 Å². The summed E-state index contributed by atoms with van der Waals surface area (Å²) in [6.07, 6.45) is 59.7. The van der Waals surface area contributed by atoms with Gasteiger partial charge in [-0.3, -0.25) is 37.3 Å². The van der Waals surface area contributed by atoms with Crippen LogP contribution < -0.4 is 0 Å². The van der Waals surface area contributed by atoms with Gasteiger partial charge in [-0.1, -0.05) is 356 Å². The van der Waals surface area contributed by atoms with E-state index in [4.69, 9.17) is 37.0 Å². The lowest BCUT2D eigenvalue weighted by atomic mass is 10.0. The second kappa shape index (κ2) is 70.1. The summed E-state index contributed by atoms with van der Waals surface area (Å²) in [5, 5.41) is 10.6. The third-order valence-corrected chi connectivity index (χ3v) is 19.9. The number of hydrogen-bond acceptors (Lipinski definition) is 15. The maximum absolute atomic E-state index is 13.1. The van der Waals surface area contributed by atoms with Crippen LogP contribution in [0.25, 0.3) is 0 Å². The third-order valence-electron chi connectivity index (χ3n) is 18.0. The van der Waals surface area contributed by atoms with Crippen LogP contribution >= 0.6 is 15.6 Å². The van der Waals surface area contributed by atoms with Crippen molar-refractivity contribution in [2.45, 2.75) is 425 Å². The van der Waals surface area contributed by atoms with Crippen LogP contribution in [0.1, 0.15) is 407 Å². The molecule has 0 saturated heterocycles. The molecule has 0 spiro atoms. The molecule has 0 amide bonds. The first kappa shape index (κ1) is 94.1. The van der Waals surface area contributed by atoms with Crippen LogP contribution in [0.2, 0.25) is 0 Å². The van der Waals surface area contributed by atoms with Crippen molar-refractivity contribution >= 4 is 39.5 Å². The Kier molecular flexibility index (Phi) is 68.7. The number of esters is 4. The molecule has 0 heterocycles. The molecular formula is C77H150O17P2. The summed E-state index contributed by atoms with van der Waals surface area (Å²) in [7, 11) is -9.91. The molecule has 0 aromatic carbocycles. The minimum Gasteiger partial charge on any atom is -0.462 e. The van der Waals surface area contributed by atoms with E-state index in [1.165, 1.54) is 218 Å². The van der Waals surface area contributed by atoms with Crippen molar-refractivity contribution in [2.24, 2.45) is 5.92 Å². The number of phosphoric ester groups is 2. The standard InChI is InChI=1S/C77H150O17P2/c1-6-9-12-15-18-20-22-24-26-27-28-30-34-39-43-48-53-58-63-77(82)94-73(67-88-75(80)61-56-51-46-41-37-35-31-32-36-40-45-49-54-59-70(4)5)69-92-96(85,86)90-65-71(78)64-89-95(83,84)91-68-72(66-87-74(79)60-55-50-44-17-14-11-8-3)93-76(81)62-57-52-47-42-38-33-29-25-23-21-19-16-13-10-7-2/h70-73,78H,6-69H2,1-5H3,(H,83,84)(H,85,86)/t71-,72+,73+/m0/s1. The summed E-state index contributed by atoms with van der Waals surface area (Å²) in [5.74, 6) is -1.32. The zero-order chi connectivity index (χ0) is 70.5. The third kappa shape index (κ3) is 70.5. The van der Waals surface area contributed by atoms with Gasteiger partial charge in [-0.05, 0) is 31.6 Å². The van der Waals surface area contributed by atoms with E-state index in [1.54, 1.807) is 0 Å². The molecule has 19 heteroatoms. The molecule has 2 unspecified atom stereocenters. The van der Waals surface area contributed by atoms with Gasteiger partial charge in [-0.15, -0.1) is 0 Å². The Bertz CT molecular complexity index is 1840. The summed E-state index contributed by atoms with van der Waals surface area (Å²) in [4.78, 5) is 72.7. The van der Waals surface area contributed by atoms with E-state index in [2.05, 4.69) is 34.6 Å². The second-order valence-corrected chi connectivity index (χ2v) is 31.1. The molecule has 0 aliphatic rings. The average molecular weight is 1410 g/mol. The predicted octanol–water partition coefficient (Wildman–Crippen LogP) is 22.9. The number of phosphoric acid groups is 2. The number of carbonyl (C=O) groups is 4. The first-order valence-electron chi connectivity index (χ1n) is 40.1. The van der Waals surface area contributed by atoms with Crippen LogP contribution in [-0.2, 0) is 65.4 Å². The lowest BCUT2D eigenvalue weighted by Gasteiger charge is -2.21. The average Bonchev–Trinajstić information content (AvgIpc) is 2.71. The first-order valence-corrected chi connectivity index (χ1v) is 43.1. The molecule has 0 fully saturated rings. The Balaban J connectivity index is 5.19. The zero-order valence-corrected chi connectivity index (χ0v) is 64.3. The van der Waals surface area contributed by atoms with Crippen molar-refractivity contribution in [1.29, 1.82) is 0 Å². The zero-order valence-electron chi connectivity index (χ0n) is 62.5. The highest BCUT2D eigenvalue weighted by molar-refractivity contribution is 7.47. The molecule has 96 heavy (non-hydrogen) atoms. The minimum absolute atomic E-state index is 0.108. The number of hydrogen-bond donors (Lipinski definition) is 3. The van der Waals surface area contributed by atoms with Gasteiger partial charge in [0.25, 0.3) is 0 Å². The van der Waals surface area contributed by atoms with Crippen LogP contribution in [0.5, 0.6) is 0 Å². The van der Waals surface area contributed by atoms with Gasteiger partial charge in [0.1, 0.15) is 19.3 Å². The predicted molar refractivity (Wildman–Crippen MR) is 391 cm³/mol. The summed E-state index contributed by atoms with van der Waals surface area (Å²) in [6, 6.07) is 0. The van der Waals surface area contributed by atoms with E-state index in [0.717, 1.165) is 109 Å². The molecule has 570 valence electrons. The van der Waals surface area contributed by atoms with Crippen molar-refractivity contribution in [2.75, 3.05) is 39.6 Å². The van der Waals surface area contributed by atoms with Gasteiger partial charge >= 0.3 is 39.5 Å². The van der Waals surface area contributed by atoms with Crippen molar-refractivity contribution < 1.29 is 80.2 Å². The molecule has 0 aliphatic heterocycles. The van der Waals surface area contributed by atoms with Crippen molar-refractivity contribution in [3.05, 3.63) is 0 Å². The second-order valence-electron chi connectivity index (χ2n) is 28.2. The molecular weight excluding hydrogens is 1260 g/mol. The van der Waals surface area contributed by atoms with Crippen LogP contribution in [0.3, 0.4) is 0 Å². The minimum atomic E-state index is -4.96. The fraction of sp³-hybridized carbons (Fsp3) is 0.948. The fourth-order valence-electron chi connectivity index (χ4n) is 11.9. The first-order chi connectivity index (χ1) is 46.5. The number of unbranched alkanes of at least 4 members (excludes halogenated alkanes) is 49. The van der Waals surface area contributed by atoms with Crippen molar-refractivity contribution in [3.8, 4) is 0 Å². The molecule has 5 atom stereocenters.